The summed E-state index contributed by atoms with van der Waals surface area (Å²) in [5.41, 5.74) is 0. The Kier molecular flexibility index (Phi) is 20.6. The Morgan fingerprint density at radius 1 is 1.08 bits per heavy atom. The molecule has 0 saturated carbocycles. The number of hydrogen-bond donors (Lipinski definition) is 0. The van der Waals surface area contributed by atoms with Gasteiger partial charge in [-0.05, 0) is 0 Å². The van der Waals surface area contributed by atoms with Crippen molar-refractivity contribution in [1.29, 1.82) is 0 Å². The third-order valence-corrected chi connectivity index (χ3v) is 4.31. The second-order valence-electron chi connectivity index (χ2n) is 1.97. The van der Waals surface area contributed by atoms with E-state index >= 15 is 0 Å². The summed E-state index contributed by atoms with van der Waals surface area (Å²) >= 11 is 0. The van der Waals surface area contributed by atoms with Crippen molar-refractivity contribution in [2.45, 2.75) is 11.8 Å². The van der Waals surface area contributed by atoms with E-state index in [0.29, 0.717) is 0 Å². The van der Waals surface area contributed by atoms with Gasteiger partial charge in [-0.1, -0.05) is 16.8 Å². The SMILES string of the molecule is COCCC([PH+]([O-])[O-])[PH+]([O-])[O-].[Na+].[Na+]. The van der Waals surface area contributed by atoms with E-state index in [-0.39, 0.29) is 72.1 Å². The molecular weight excluding hydrogens is 236 g/mol. The molecule has 0 aromatic carbocycles. The molecule has 5 nitrogen and oxygen atoms in total. The van der Waals surface area contributed by atoms with E-state index in [9.17, 15) is 19.6 Å². The van der Waals surface area contributed by atoms with Crippen LogP contribution in [0.2, 0.25) is 0 Å². The summed E-state index contributed by atoms with van der Waals surface area (Å²) < 4.78 is 4.55. The van der Waals surface area contributed by atoms with Crippen molar-refractivity contribution in [2.75, 3.05) is 13.7 Å². The summed E-state index contributed by atoms with van der Waals surface area (Å²) in [6.45, 7) is 0.155. The van der Waals surface area contributed by atoms with Gasteiger partial charge in [0.1, 0.15) is 5.40 Å². The zero-order valence-corrected chi connectivity index (χ0v) is 14.0. The Labute approximate surface area is 124 Å². The Bertz CT molecular complexity index is 98.5. The molecule has 0 aromatic rings. The number of hydrogen-bond acceptors (Lipinski definition) is 5. The fraction of sp³-hybridized carbons (Fsp3) is 1.00. The molecule has 0 aliphatic rings. The molecule has 0 fully saturated rings. The predicted octanol–water partition coefficient (Wildman–Crippen LogP) is -9.11. The van der Waals surface area contributed by atoms with Crippen LogP contribution in [0.25, 0.3) is 0 Å². The average Bonchev–Trinajstić information content (AvgIpc) is 1.87. The van der Waals surface area contributed by atoms with Crippen LogP contribution >= 0.6 is 16.8 Å². The molecule has 0 radical (unpaired) electrons. The van der Waals surface area contributed by atoms with E-state index in [1.165, 1.54) is 7.11 Å². The number of rotatable bonds is 5. The van der Waals surface area contributed by atoms with Crippen LogP contribution in [0.15, 0.2) is 0 Å². The molecule has 13 heavy (non-hydrogen) atoms. The van der Waals surface area contributed by atoms with E-state index < -0.39 is 22.2 Å². The smallest absolute Gasteiger partial charge is 0.682 e. The first kappa shape index (κ1) is 21.0. The van der Waals surface area contributed by atoms with Gasteiger partial charge in [0.25, 0.3) is 0 Å². The molecule has 0 saturated heterocycles. The van der Waals surface area contributed by atoms with Crippen molar-refractivity contribution in [1.82, 2.24) is 0 Å². The van der Waals surface area contributed by atoms with Crippen molar-refractivity contribution in [3.63, 3.8) is 0 Å². The molecule has 0 rings (SSSR count). The standard InChI is InChI=1S/C4H10O5P2.2Na/c1-9-3-2-4(10(5)6)11(7)8;;/h4,10-11H,2-3H2,1H3;;/q-2;2*+1. The first-order valence-corrected chi connectivity index (χ1v) is 5.79. The normalized spacial score (nSPS) is 10.2. The molecule has 0 amide bonds. The average molecular weight is 246 g/mol. The third-order valence-electron chi connectivity index (χ3n) is 1.18. The molecule has 0 spiro atoms. The van der Waals surface area contributed by atoms with Gasteiger partial charge in [0.2, 0.25) is 0 Å². The summed E-state index contributed by atoms with van der Waals surface area (Å²) in [6, 6.07) is 0. The molecule has 0 heterocycles. The molecule has 9 heteroatoms. The molecule has 0 bridgehead atoms. The Hall–Kier alpha value is 2.66. The third kappa shape index (κ3) is 10.9. The maximum absolute atomic E-state index is 10.3. The van der Waals surface area contributed by atoms with Crippen LogP contribution in [-0.2, 0) is 4.74 Å². The van der Waals surface area contributed by atoms with Crippen LogP contribution < -0.4 is 78.7 Å². The predicted molar refractivity (Wildman–Crippen MR) is 36.9 cm³/mol. The largest absolute Gasteiger partial charge is 1.00 e. The van der Waals surface area contributed by atoms with E-state index in [1.54, 1.807) is 0 Å². The topological polar surface area (TPSA) is 101 Å². The van der Waals surface area contributed by atoms with E-state index in [1.807, 2.05) is 0 Å². The van der Waals surface area contributed by atoms with Crippen molar-refractivity contribution in [3.8, 4) is 0 Å². The maximum atomic E-state index is 10.3. The van der Waals surface area contributed by atoms with Crippen molar-refractivity contribution >= 4 is 16.8 Å². The van der Waals surface area contributed by atoms with Gasteiger partial charge in [0.05, 0.1) is 6.61 Å². The van der Waals surface area contributed by atoms with Gasteiger partial charge in [-0.2, -0.15) is 0 Å². The summed E-state index contributed by atoms with van der Waals surface area (Å²) in [6.07, 6.45) is 0.0408. The minimum absolute atomic E-state index is 0. The summed E-state index contributed by atoms with van der Waals surface area (Å²) in [7, 11) is -5.02. The second-order valence-corrected chi connectivity index (χ2v) is 5.22. The van der Waals surface area contributed by atoms with E-state index in [2.05, 4.69) is 4.74 Å². The Morgan fingerprint density at radius 3 is 1.69 bits per heavy atom. The van der Waals surface area contributed by atoms with Gasteiger partial charge < -0.3 is 24.3 Å². The van der Waals surface area contributed by atoms with Crippen LogP contribution in [0, 0.1) is 0 Å². The zero-order chi connectivity index (χ0) is 8.85. The molecule has 0 atom stereocenters. The van der Waals surface area contributed by atoms with Crippen LogP contribution in [-0.4, -0.2) is 19.1 Å². The Morgan fingerprint density at radius 2 is 1.46 bits per heavy atom. The van der Waals surface area contributed by atoms with E-state index in [0.717, 1.165) is 0 Å². The van der Waals surface area contributed by atoms with Gasteiger partial charge in [0, 0.05) is 13.5 Å². The minimum Gasteiger partial charge on any atom is -0.682 e. The molecule has 0 N–H and O–H groups in total. The summed E-state index contributed by atoms with van der Waals surface area (Å²) in [5.74, 6) is 0. The van der Waals surface area contributed by atoms with Crippen LogP contribution in [0.1, 0.15) is 6.42 Å². The molecule has 0 aliphatic carbocycles. The van der Waals surface area contributed by atoms with Crippen molar-refractivity contribution in [3.05, 3.63) is 0 Å². The van der Waals surface area contributed by atoms with Crippen LogP contribution in [0.5, 0.6) is 0 Å². The summed E-state index contributed by atoms with van der Waals surface area (Å²) in [4.78, 5) is 41.2. The maximum Gasteiger partial charge on any atom is 1.00 e. The fourth-order valence-electron chi connectivity index (χ4n) is 0.568. The van der Waals surface area contributed by atoms with E-state index in [4.69, 9.17) is 0 Å². The Balaban J connectivity index is -0.000000500. The quantitative estimate of drug-likeness (QED) is 0.354. The first-order chi connectivity index (χ1) is 5.09. The van der Waals surface area contributed by atoms with Gasteiger partial charge in [0.15, 0.2) is 0 Å². The number of ether oxygens (including phenoxy) is 1. The fourth-order valence-corrected chi connectivity index (χ4v) is 2.04. The number of methoxy groups -OCH3 is 1. The first-order valence-electron chi connectivity index (χ1n) is 3.00. The van der Waals surface area contributed by atoms with Crippen LogP contribution in [0.3, 0.4) is 0 Å². The molecule has 0 aliphatic heterocycles. The second kappa shape index (κ2) is 12.7. The van der Waals surface area contributed by atoms with Gasteiger partial charge in [-0.3, -0.25) is 0 Å². The molecule has 0 unspecified atom stereocenters. The van der Waals surface area contributed by atoms with Crippen LogP contribution in [0.4, 0.5) is 0 Å². The van der Waals surface area contributed by atoms with Gasteiger partial charge in [-0.15, -0.1) is 0 Å². The zero-order valence-electron chi connectivity index (χ0n) is 8.03. The minimum atomic E-state index is -3.20. The molecule has 68 valence electrons. The van der Waals surface area contributed by atoms with Gasteiger partial charge >= 0.3 is 59.1 Å². The van der Waals surface area contributed by atoms with Gasteiger partial charge in [-0.25, -0.2) is 0 Å². The summed E-state index contributed by atoms with van der Waals surface area (Å²) in [5, 5.41) is -1.20. The monoisotopic (exact) mass is 246 g/mol. The molecule has 0 aromatic heterocycles. The molecular formula is C4H10Na2O5P2. The van der Waals surface area contributed by atoms with Crippen molar-refractivity contribution < 1.29 is 83.4 Å². The van der Waals surface area contributed by atoms with Crippen molar-refractivity contribution in [2.24, 2.45) is 0 Å².